The van der Waals surface area contributed by atoms with Crippen LogP contribution in [0, 0.1) is 0 Å². The topological polar surface area (TPSA) is 30.7 Å². The molecule has 0 saturated heterocycles. The maximum Gasteiger partial charge on any atom is 0.148 e. The Bertz CT molecular complexity index is 1490. The summed E-state index contributed by atoms with van der Waals surface area (Å²) in [6.45, 7) is 0.646. The van der Waals surface area contributed by atoms with Crippen LogP contribution < -0.4 is 0 Å². The van der Waals surface area contributed by atoms with Gasteiger partial charge in [-0.25, -0.2) is 9.97 Å². The Kier molecular flexibility index (Phi) is 3.23. The van der Waals surface area contributed by atoms with Gasteiger partial charge < -0.3 is 4.57 Å². The third-order valence-corrected chi connectivity index (χ3v) is 5.48. The summed E-state index contributed by atoms with van der Waals surface area (Å²) in [5.41, 5.74) is 3.42. The summed E-state index contributed by atoms with van der Waals surface area (Å²) >= 11 is 0. The molecule has 0 atom stereocenters. The normalized spacial score (nSPS) is 11.7. The second-order valence-corrected chi connectivity index (χ2v) is 7.16. The van der Waals surface area contributed by atoms with Gasteiger partial charge in [-0.1, -0.05) is 60.7 Å². The SMILES string of the molecule is c1ccc2cc3c(cc2c1)c1ccccc1n3Cc1ncc2ccccc2n1. The van der Waals surface area contributed by atoms with E-state index in [1.54, 1.807) is 0 Å². The maximum absolute atomic E-state index is 4.79. The van der Waals surface area contributed by atoms with E-state index in [0.717, 1.165) is 16.7 Å². The molecule has 28 heavy (non-hydrogen) atoms. The van der Waals surface area contributed by atoms with Crippen molar-refractivity contribution in [2.24, 2.45) is 0 Å². The molecule has 0 N–H and O–H groups in total. The fourth-order valence-electron chi connectivity index (χ4n) is 4.13. The Hall–Kier alpha value is -3.72. The highest BCUT2D eigenvalue weighted by Crippen LogP contribution is 2.32. The van der Waals surface area contributed by atoms with Crippen LogP contribution in [0.5, 0.6) is 0 Å². The third kappa shape index (κ3) is 2.30. The summed E-state index contributed by atoms with van der Waals surface area (Å²) in [4.78, 5) is 9.42. The van der Waals surface area contributed by atoms with Crippen LogP contribution in [0.25, 0.3) is 43.5 Å². The second-order valence-electron chi connectivity index (χ2n) is 7.16. The summed E-state index contributed by atoms with van der Waals surface area (Å²) in [6.07, 6.45) is 1.92. The van der Waals surface area contributed by atoms with Gasteiger partial charge in [0.25, 0.3) is 0 Å². The first-order valence-corrected chi connectivity index (χ1v) is 9.47. The fraction of sp³-hybridized carbons (Fsp3) is 0.0400. The number of hydrogen-bond donors (Lipinski definition) is 0. The van der Waals surface area contributed by atoms with E-state index in [2.05, 4.69) is 70.2 Å². The Labute approximate surface area is 161 Å². The van der Waals surface area contributed by atoms with E-state index in [-0.39, 0.29) is 0 Å². The number of para-hydroxylation sites is 2. The quantitative estimate of drug-likeness (QED) is 0.383. The molecule has 0 bridgehead atoms. The Morgan fingerprint density at radius 1 is 0.643 bits per heavy atom. The number of rotatable bonds is 2. The molecule has 0 saturated carbocycles. The molecule has 0 aliphatic carbocycles. The van der Waals surface area contributed by atoms with Gasteiger partial charge in [0.15, 0.2) is 0 Å². The van der Waals surface area contributed by atoms with Gasteiger partial charge >= 0.3 is 0 Å². The molecule has 6 aromatic rings. The molecule has 0 radical (unpaired) electrons. The monoisotopic (exact) mass is 359 g/mol. The minimum atomic E-state index is 0.646. The zero-order chi connectivity index (χ0) is 18.5. The Morgan fingerprint density at radius 3 is 2.25 bits per heavy atom. The van der Waals surface area contributed by atoms with Crippen molar-refractivity contribution in [3.05, 3.63) is 97.0 Å². The van der Waals surface area contributed by atoms with Crippen LogP contribution >= 0.6 is 0 Å². The largest absolute Gasteiger partial charge is 0.333 e. The van der Waals surface area contributed by atoms with E-state index >= 15 is 0 Å². The summed E-state index contributed by atoms with van der Waals surface area (Å²) in [5.74, 6) is 0.828. The van der Waals surface area contributed by atoms with E-state index in [1.807, 2.05) is 30.5 Å². The maximum atomic E-state index is 4.79. The van der Waals surface area contributed by atoms with E-state index in [1.165, 1.54) is 32.6 Å². The lowest BCUT2D eigenvalue weighted by Crippen LogP contribution is -2.04. The van der Waals surface area contributed by atoms with Crippen molar-refractivity contribution >= 4 is 43.5 Å². The molecule has 0 amide bonds. The first-order chi connectivity index (χ1) is 13.9. The lowest BCUT2D eigenvalue weighted by atomic mass is 10.1. The molecule has 0 spiro atoms. The fourth-order valence-corrected chi connectivity index (χ4v) is 4.13. The minimum Gasteiger partial charge on any atom is -0.333 e. The van der Waals surface area contributed by atoms with E-state index < -0.39 is 0 Å². The summed E-state index contributed by atoms with van der Waals surface area (Å²) in [7, 11) is 0. The van der Waals surface area contributed by atoms with Crippen LogP contribution in [-0.2, 0) is 6.54 Å². The molecule has 132 valence electrons. The average Bonchev–Trinajstić information content (AvgIpc) is 3.05. The molecule has 6 rings (SSSR count). The number of nitrogens with zero attached hydrogens (tertiary/aromatic N) is 3. The molecular formula is C25H17N3. The van der Waals surface area contributed by atoms with Gasteiger partial charge in [-0.2, -0.15) is 0 Å². The van der Waals surface area contributed by atoms with Crippen molar-refractivity contribution in [3.63, 3.8) is 0 Å². The van der Waals surface area contributed by atoms with E-state index in [4.69, 9.17) is 4.98 Å². The molecule has 2 aromatic heterocycles. The standard InChI is InChI=1S/C25H17N3/c1-2-8-18-14-24-21(13-17(18)7-1)20-10-4-6-12-23(20)28(24)16-25-26-15-19-9-3-5-11-22(19)27-25/h1-15H,16H2. The second kappa shape index (κ2) is 5.89. The van der Waals surface area contributed by atoms with Crippen molar-refractivity contribution in [1.82, 2.24) is 14.5 Å². The van der Waals surface area contributed by atoms with Gasteiger partial charge in [0.1, 0.15) is 5.82 Å². The van der Waals surface area contributed by atoms with Crippen LogP contribution in [-0.4, -0.2) is 14.5 Å². The number of hydrogen-bond acceptors (Lipinski definition) is 2. The highest BCUT2D eigenvalue weighted by Gasteiger charge is 2.13. The molecule has 0 aliphatic rings. The van der Waals surface area contributed by atoms with Crippen molar-refractivity contribution in [3.8, 4) is 0 Å². The minimum absolute atomic E-state index is 0.646. The van der Waals surface area contributed by atoms with Gasteiger partial charge in [-0.15, -0.1) is 0 Å². The van der Waals surface area contributed by atoms with Crippen molar-refractivity contribution in [2.75, 3.05) is 0 Å². The van der Waals surface area contributed by atoms with Crippen LogP contribution in [0.3, 0.4) is 0 Å². The number of fused-ring (bicyclic) bond motifs is 5. The molecule has 4 aromatic carbocycles. The lowest BCUT2D eigenvalue weighted by Gasteiger charge is -2.08. The molecule has 3 heteroatoms. The zero-order valence-corrected chi connectivity index (χ0v) is 15.2. The van der Waals surface area contributed by atoms with E-state index in [0.29, 0.717) is 6.54 Å². The van der Waals surface area contributed by atoms with Crippen LogP contribution in [0.2, 0.25) is 0 Å². The summed E-state index contributed by atoms with van der Waals surface area (Å²) < 4.78 is 2.33. The number of aromatic nitrogens is 3. The molecule has 3 nitrogen and oxygen atoms in total. The van der Waals surface area contributed by atoms with Gasteiger partial charge in [-0.05, 0) is 35.0 Å². The zero-order valence-electron chi connectivity index (χ0n) is 15.2. The lowest BCUT2D eigenvalue weighted by molar-refractivity contribution is 0.802. The van der Waals surface area contributed by atoms with Gasteiger partial charge in [0.2, 0.25) is 0 Å². The van der Waals surface area contributed by atoms with Gasteiger partial charge in [0, 0.05) is 27.9 Å². The molecule has 0 unspecified atom stereocenters. The summed E-state index contributed by atoms with van der Waals surface area (Å²) in [6, 6.07) is 29.8. The first kappa shape index (κ1) is 15.3. The van der Waals surface area contributed by atoms with Crippen LogP contribution in [0.15, 0.2) is 91.1 Å². The van der Waals surface area contributed by atoms with Crippen LogP contribution in [0.4, 0.5) is 0 Å². The van der Waals surface area contributed by atoms with E-state index in [9.17, 15) is 0 Å². The molecule has 0 aliphatic heterocycles. The van der Waals surface area contributed by atoms with Crippen molar-refractivity contribution in [2.45, 2.75) is 6.54 Å². The molecule has 0 fully saturated rings. The predicted octanol–water partition coefficient (Wildman–Crippen LogP) is 5.94. The van der Waals surface area contributed by atoms with Crippen molar-refractivity contribution < 1.29 is 0 Å². The Balaban J connectivity index is 1.62. The molecule has 2 heterocycles. The Morgan fingerprint density at radius 2 is 1.36 bits per heavy atom. The highest BCUT2D eigenvalue weighted by molar-refractivity contribution is 6.12. The number of benzene rings is 4. The van der Waals surface area contributed by atoms with Gasteiger partial charge in [-0.3, -0.25) is 0 Å². The smallest absolute Gasteiger partial charge is 0.148 e. The molecular weight excluding hydrogens is 342 g/mol. The summed E-state index contributed by atoms with van der Waals surface area (Å²) in [5, 5.41) is 6.12. The first-order valence-electron chi connectivity index (χ1n) is 9.47. The van der Waals surface area contributed by atoms with Crippen LogP contribution in [0.1, 0.15) is 5.82 Å². The van der Waals surface area contributed by atoms with Crippen molar-refractivity contribution in [1.29, 1.82) is 0 Å². The predicted molar refractivity (Wildman–Crippen MR) is 116 cm³/mol. The third-order valence-electron chi connectivity index (χ3n) is 5.48. The highest BCUT2D eigenvalue weighted by atomic mass is 15.0. The average molecular weight is 359 g/mol. The van der Waals surface area contributed by atoms with Gasteiger partial charge in [0.05, 0.1) is 17.6 Å².